The molecule has 1 unspecified atom stereocenters. The van der Waals surface area contributed by atoms with Crippen LogP contribution in [-0.2, 0) is 9.59 Å². The Hall–Kier alpha value is -3.38. The smallest absolute Gasteiger partial charge is 0.300 e. The first kappa shape index (κ1) is 20.9. The van der Waals surface area contributed by atoms with Crippen LogP contribution in [-0.4, -0.2) is 23.9 Å². The lowest BCUT2D eigenvalue weighted by Gasteiger charge is -2.25. The van der Waals surface area contributed by atoms with E-state index in [-0.39, 0.29) is 11.3 Å². The van der Waals surface area contributed by atoms with E-state index >= 15 is 0 Å². The van der Waals surface area contributed by atoms with Gasteiger partial charge in [-0.25, -0.2) is 0 Å². The topological polar surface area (TPSA) is 66.8 Å². The van der Waals surface area contributed by atoms with Gasteiger partial charge in [-0.1, -0.05) is 57.9 Å². The molecule has 1 saturated heterocycles. The van der Waals surface area contributed by atoms with Crippen molar-refractivity contribution >= 4 is 39.1 Å². The molecule has 0 aromatic heterocycles. The van der Waals surface area contributed by atoms with Crippen LogP contribution in [0.4, 0.5) is 5.69 Å². The highest BCUT2D eigenvalue weighted by atomic mass is 79.9. The van der Waals surface area contributed by atoms with Crippen molar-refractivity contribution < 1.29 is 19.4 Å². The molecule has 0 radical (unpaired) electrons. The second-order valence-electron chi connectivity index (χ2n) is 7.28. The fourth-order valence-corrected chi connectivity index (χ4v) is 3.93. The number of amides is 1. The first-order chi connectivity index (χ1) is 14.9. The van der Waals surface area contributed by atoms with E-state index in [0.29, 0.717) is 22.6 Å². The molecule has 3 aromatic rings. The lowest BCUT2D eigenvalue weighted by Crippen LogP contribution is -2.29. The number of nitrogens with zero attached hydrogens (tertiary/aromatic N) is 1. The Morgan fingerprint density at radius 2 is 1.55 bits per heavy atom. The van der Waals surface area contributed by atoms with Gasteiger partial charge in [-0.2, -0.15) is 0 Å². The number of ketones is 1. The predicted octanol–water partition coefficient (Wildman–Crippen LogP) is 5.39. The van der Waals surface area contributed by atoms with Gasteiger partial charge in [0, 0.05) is 15.7 Å². The molecule has 1 amide bonds. The Bertz CT molecular complexity index is 1170. The second kappa shape index (κ2) is 8.40. The Labute approximate surface area is 188 Å². The minimum absolute atomic E-state index is 0.0538. The number of aliphatic hydroxyl groups excluding tert-OH is 1. The fourth-order valence-electron chi connectivity index (χ4n) is 3.67. The average Bonchev–Trinajstić information content (AvgIpc) is 3.05. The van der Waals surface area contributed by atoms with Crippen molar-refractivity contribution in [3.63, 3.8) is 0 Å². The number of carbonyl (C=O) groups excluding carboxylic acids is 2. The molecule has 31 heavy (non-hydrogen) atoms. The zero-order valence-electron chi connectivity index (χ0n) is 17.0. The predicted molar refractivity (Wildman–Crippen MR) is 123 cm³/mol. The molecule has 1 aliphatic heterocycles. The molecule has 4 rings (SSSR count). The average molecular weight is 478 g/mol. The number of Topliss-reactive ketones (excluding diaryl/α,β-unsaturated/α-hetero) is 1. The third-order valence-corrected chi connectivity index (χ3v) is 5.83. The second-order valence-corrected chi connectivity index (χ2v) is 8.20. The monoisotopic (exact) mass is 477 g/mol. The van der Waals surface area contributed by atoms with Crippen LogP contribution >= 0.6 is 15.9 Å². The number of benzene rings is 3. The van der Waals surface area contributed by atoms with Crippen LogP contribution in [0.15, 0.2) is 82.8 Å². The van der Waals surface area contributed by atoms with E-state index in [4.69, 9.17) is 4.74 Å². The van der Waals surface area contributed by atoms with E-state index in [1.807, 2.05) is 19.1 Å². The Kier molecular flexibility index (Phi) is 5.65. The van der Waals surface area contributed by atoms with Gasteiger partial charge in [0.25, 0.3) is 11.7 Å². The van der Waals surface area contributed by atoms with Gasteiger partial charge in [0.1, 0.15) is 11.5 Å². The van der Waals surface area contributed by atoms with Crippen LogP contribution in [0, 0.1) is 6.92 Å². The normalized spacial score (nSPS) is 17.8. The minimum Gasteiger partial charge on any atom is -0.507 e. The van der Waals surface area contributed by atoms with Crippen molar-refractivity contribution in [2.45, 2.75) is 13.0 Å². The summed E-state index contributed by atoms with van der Waals surface area (Å²) in [5.41, 5.74) is 2.83. The summed E-state index contributed by atoms with van der Waals surface area (Å²) in [4.78, 5) is 27.6. The number of ether oxygens (including phenoxy) is 1. The summed E-state index contributed by atoms with van der Waals surface area (Å²) in [7, 11) is 1.57. The molecule has 0 bridgehead atoms. The molecule has 5 nitrogen and oxygen atoms in total. The molecule has 0 aliphatic carbocycles. The van der Waals surface area contributed by atoms with Crippen LogP contribution in [0.25, 0.3) is 5.76 Å². The van der Waals surface area contributed by atoms with Gasteiger partial charge in [0.05, 0.1) is 18.7 Å². The van der Waals surface area contributed by atoms with Crippen LogP contribution < -0.4 is 9.64 Å². The maximum absolute atomic E-state index is 13.1. The number of halogens is 1. The zero-order valence-corrected chi connectivity index (χ0v) is 18.6. The lowest BCUT2D eigenvalue weighted by molar-refractivity contribution is -0.132. The maximum Gasteiger partial charge on any atom is 0.300 e. The number of aliphatic hydroxyl groups is 1. The van der Waals surface area contributed by atoms with Crippen molar-refractivity contribution in [3.8, 4) is 5.75 Å². The number of rotatable bonds is 4. The van der Waals surface area contributed by atoms with Crippen molar-refractivity contribution in [1.29, 1.82) is 0 Å². The molecule has 156 valence electrons. The summed E-state index contributed by atoms with van der Waals surface area (Å²) in [6.07, 6.45) is 0. The first-order valence-corrected chi connectivity index (χ1v) is 10.5. The quantitative estimate of drug-likeness (QED) is 0.310. The molecule has 1 heterocycles. The number of aryl methyl sites for hydroxylation is 1. The maximum atomic E-state index is 13.1. The number of anilines is 1. The third kappa shape index (κ3) is 3.86. The molecule has 1 N–H and O–H groups in total. The molecular weight excluding hydrogens is 458 g/mol. The van der Waals surface area contributed by atoms with Crippen molar-refractivity contribution in [3.05, 3.63) is 99.5 Å². The number of hydrogen-bond donors (Lipinski definition) is 1. The molecule has 0 spiro atoms. The van der Waals surface area contributed by atoms with Gasteiger partial charge in [-0.15, -0.1) is 0 Å². The largest absolute Gasteiger partial charge is 0.507 e. The molecule has 1 atom stereocenters. The Morgan fingerprint density at radius 1 is 0.935 bits per heavy atom. The Morgan fingerprint density at radius 3 is 2.13 bits per heavy atom. The summed E-state index contributed by atoms with van der Waals surface area (Å²) < 4.78 is 6.08. The van der Waals surface area contributed by atoms with E-state index in [2.05, 4.69) is 15.9 Å². The SMILES string of the molecule is COc1ccc(C2/C(=C(\O)c3ccc(Br)cc3)C(=O)C(=O)N2c2ccc(C)cc2)cc1. The van der Waals surface area contributed by atoms with E-state index < -0.39 is 17.7 Å². The van der Waals surface area contributed by atoms with Gasteiger partial charge < -0.3 is 9.84 Å². The fraction of sp³-hybridized carbons (Fsp3) is 0.120. The van der Waals surface area contributed by atoms with E-state index in [1.165, 1.54) is 4.90 Å². The number of carbonyl (C=O) groups is 2. The Balaban J connectivity index is 1.92. The summed E-state index contributed by atoms with van der Waals surface area (Å²) in [6.45, 7) is 1.95. The summed E-state index contributed by atoms with van der Waals surface area (Å²) >= 11 is 3.37. The van der Waals surface area contributed by atoms with Crippen LogP contribution in [0.1, 0.15) is 22.7 Å². The number of methoxy groups -OCH3 is 1. The molecule has 3 aromatic carbocycles. The highest BCUT2D eigenvalue weighted by molar-refractivity contribution is 9.10. The molecule has 1 aliphatic rings. The van der Waals surface area contributed by atoms with Crippen LogP contribution in [0.3, 0.4) is 0 Å². The van der Waals surface area contributed by atoms with Gasteiger partial charge in [-0.3, -0.25) is 14.5 Å². The van der Waals surface area contributed by atoms with Crippen LogP contribution in [0.2, 0.25) is 0 Å². The molecule has 1 fully saturated rings. The third-order valence-electron chi connectivity index (χ3n) is 5.31. The van der Waals surface area contributed by atoms with E-state index in [9.17, 15) is 14.7 Å². The van der Waals surface area contributed by atoms with Gasteiger partial charge in [0.15, 0.2) is 0 Å². The summed E-state index contributed by atoms with van der Waals surface area (Å²) in [6, 6.07) is 20.7. The highest BCUT2D eigenvalue weighted by Gasteiger charge is 2.46. The van der Waals surface area contributed by atoms with E-state index in [1.54, 1.807) is 67.8 Å². The van der Waals surface area contributed by atoms with Gasteiger partial charge in [-0.05, 0) is 48.9 Å². The molecule has 0 saturated carbocycles. The molecular formula is C25H20BrNO4. The van der Waals surface area contributed by atoms with E-state index in [0.717, 1.165) is 10.0 Å². The van der Waals surface area contributed by atoms with Crippen molar-refractivity contribution in [2.75, 3.05) is 12.0 Å². The van der Waals surface area contributed by atoms with Crippen LogP contribution in [0.5, 0.6) is 5.75 Å². The van der Waals surface area contributed by atoms with Gasteiger partial charge >= 0.3 is 0 Å². The highest BCUT2D eigenvalue weighted by Crippen LogP contribution is 2.42. The molecule has 6 heteroatoms. The van der Waals surface area contributed by atoms with Crippen molar-refractivity contribution in [2.24, 2.45) is 0 Å². The standard InChI is InChI=1S/C25H20BrNO4/c1-15-3-11-19(12-4-15)27-22(16-7-13-20(31-2)14-8-16)21(24(29)25(27)30)23(28)17-5-9-18(26)10-6-17/h3-14,22,28H,1-2H3/b23-21+. The van der Waals surface area contributed by atoms with Crippen molar-refractivity contribution in [1.82, 2.24) is 0 Å². The zero-order chi connectivity index (χ0) is 22.1. The lowest BCUT2D eigenvalue weighted by atomic mass is 9.95. The van der Waals surface area contributed by atoms with Gasteiger partial charge in [0.2, 0.25) is 0 Å². The summed E-state index contributed by atoms with van der Waals surface area (Å²) in [5.74, 6) is -0.949. The minimum atomic E-state index is -0.766. The number of hydrogen-bond acceptors (Lipinski definition) is 4. The first-order valence-electron chi connectivity index (χ1n) is 9.68. The summed E-state index contributed by atoms with van der Waals surface area (Å²) in [5, 5.41) is 11.1.